The van der Waals surface area contributed by atoms with Crippen molar-refractivity contribution in [2.45, 2.75) is 26.3 Å². The fourth-order valence-corrected chi connectivity index (χ4v) is 2.43. The molecule has 0 bridgehead atoms. The number of carbonyl (C=O) groups excluding carboxylic acids is 1. The second-order valence-electron chi connectivity index (χ2n) is 7.20. The Kier molecular flexibility index (Phi) is 5.41. The minimum absolute atomic E-state index is 0.125. The van der Waals surface area contributed by atoms with Gasteiger partial charge in [0.25, 0.3) is 5.91 Å². The van der Waals surface area contributed by atoms with Crippen LogP contribution < -0.4 is 15.4 Å². The first kappa shape index (κ1) is 18.5. The zero-order valence-electron chi connectivity index (χ0n) is 15.7. The Morgan fingerprint density at radius 3 is 2.26 bits per heavy atom. The molecule has 0 fully saturated rings. The zero-order valence-corrected chi connectivity index (χ0v) is 15.7. The van der Waals surface area contributed by atoms with E-state index in [1.807, 2.05) is 75.4 Å². The number of para-hydroxylation sites is 1. The summed E-state index contributed by atoms with van der Waals surface area (Å²) in [6.07, 6.45) is 1.62. The molecule has 0 unspecified atom stereocenters. The van der Waals surface area contributed by atoms with Crippen molar-refractivity contribution in [2.75, 3.05) is 5.32 Å². The first-order valence-electron chi connectivity index (χ1n) is 8.78. The van der Waals surface area contributed by atoms with Gasteiger partial charge in [-0.15, -0.1) is 0 Å². The van der Waals surface area contributed by atoms with Crippen LogP contribution in [0.15, 0.2) is 72.9 Å². The van der Waals surface area contributed by atoms with Gasteiger partial charge in [-0.25, -0.2) is 4.98 Å². The number of anilines is 2. The largest absolute Gasteiger partial charge is 0.457 e. The van der Waals surface area contributed by atoms with Crippen LogP contribution in [-0.4, -0.2) is 16.4 Å². The minimum atomic E-state index is -0.289. The Bertz CT molecular complexity index is 901. The maximum atomic E-state index is 12.3. The minimum Gasteiger partial charge on any atom is -0.457 e. The number of benzene rings is 2. The molecule has 0 radical (unpaired) electrons. The molecule has 0 spiro atoms. The van der Waals surface area contributed by atoms with Crippen molar-refractivity contribution in [1.29, 1.82) is 0 Å². The molecule has 0 saturated carbocycles. The SMILES string of the molecule is CC(C)(C)NC(=O)c1ccnc(Nc2ccc(Oc3ccccc3)cc2)c1. The Labute approximate surface area is 159 Å². The van der Waals surface area contributed by atoms with Crippen LogP contribution in [0.3, 0.4) is 0 Å². The molecule has 1 heterocycles. The summed E-state index contributed by atoms with van der Waals surface area (Å²) in [7, 11) is 0. The molecule has 2 aromatic carbocycles. The van der Waals surface area contributed by atoms with Gasteiger partial charge in [0, 0.05) is 23.0 Å². The average molecular weight is 361 g/mol. The highest BCUT2D eigenvalue weighted by Gasteiger charge is 2.15. The number of hydrogen-bond donors (Lipinski definition) is 2. The van der Waals surface area contributed by atoms with Crippen LogP contribution >= 0.6 is 0 Å². The number of rotatable bonds is 5. The lowest BCUT2D eigenvalue weighted by molar-refractivity contribution is 0.0919. The van der Waals surface area contributed by atoms with Crippen molar-refractivity contribution in [3.8, 4) is 11.5 Å². The zero-order chi connectivity index (χ0) is 19.3. The van der Waals surface area contributed by atoms with Gasteiger partial charge in [-0.3, -0.25) is 4.79 Å². The maximum Gasteiger partial charge on any atom is 0.251 e. The van der Waals surface area contributed by atoms with E-state index in [-0.39, 0.29) is 11.4 Å². The molecule has 1 amide bonds. The fraction of sp³-hybridized carbons (Fsp3) is 0.182. The number of nitrogens with zero attached hydrogens (tertiary/aromatic N) is 1. The summed E-state index contributed by atoms with van der Waals surface area (Å²) < 4.78 is 5.78. The predicted molar refractivity (Wildman–Crippen MR) is 108 cm³/mol. The van der Waals surface area contributed by atoms with Crippen LogP contribution in [0.25, 0.3) is 0 Å². The number of carbonyl (C=O) groups is 1. The normalized spacial score (nSPS) is 10.9. The number of nitrogens with one attached hydrogen (secondary N) is 2. The quantitative estimate of drug-likeness (QED) is 0.660. The van der Waals surface area contributed by atoms with Crippen molar-refractivity contribution in [2.24, 2.45) is 0 Å². The molecule has 5 nitrogen and oxygen atoms in total. The molecule has 3 rings (SSSR count). The number of ether oxygens (including phenoxy) is 1. The Balaban J connectivity index is 1.67. The summed E-state index contributed by atoms with van der Waals surface area (Å²) in [5.41, 5.74) is 1.13. The van der Waals surface area contributed by atoms with Crippen molar-refractivity contribution in [1.82, 2.24) is 10.3 Å². The smallest absolute Gasteiger partial charge is 0.251 e. The molecule has 0 aliphatic carbocycles. The molecule has 0 saturated heterocycles. The highest BCUT2D eigenvalue weighted by atomic mass is 16.5. The Hall–Kier alpha value is -3.34. The van der Waals surface area contributed by atoms with Crippen LogP contribution in [0, 0.1) is 0 Å². The van der Waals surface area contributed by atoms with Gasteiger partial charge in [0.2, 0.25) is 0 Å². The van der Waals surface area contributed by atoms with E-state index < -0.39 is 0 Å². The summed E-state index contributed by atoms with van der Waals surface area (Å²) in [5, 5.41) is 6.15. The number of amides is 1. The fourth-order valence-electron chi connectivity index (χ4n) is 2.43. The van der Waals surface area contributed by atoms with Crippen LogP contribution in [0.5, 0.6) is 11.5 Å². The van der Waals surface area contributed by atoms with Gasteiger partial charge in [-0.2, -0.15) is 0 Å². The van der Waals surface area contributed by atoms with Crippen molar-refractivity contribution < 1.29 is 9.53 Å². The highest BCUT2D eigenvalue weighted by molar-refractivity contribution is 5.95. The van der Waals surface area contributed by atoms with Crippen LogP contribution in [-0.2, 0) is 0 Å². The second-order valence-corrected chi connectivity index (χ2v) is 7.20. The Morgan fingerprint density at radius 1 is 0.926 bits per heavy atom. The average Bonchev–Trinajstić information content (AvgIpc) is 2.63. The maximum absolute atomic E-state index is 12.3. The van der Waals surface area contributed by atoms with Crippen LogP contribution in [0.4, 0.5) is 11.5 Å². The monoisotopic (exact) mass is 361 g/mol. The summed E-state index contributed by atoms with van der Waals surface area (Å²) >= 11 is 0. The molecule has 3 aromatic rings. The lowest BCUT2D eigenvalue weighted by atomic mass is 10.1. The third kappa shape index (κ3) is 5.57. The molecule has 0 atom stereocenters. The Morgan fingerprint density at radius 2 is 1.59 bits per heavy atom. The van der Waals surface area contributed by atoms with E-state index in [1.54, 1.807) is 18.3 Å². The molecule has 2 N–H and O–H groups in total. The number of pyridine rings is 1. The van der Waals surface area contributed by atoms with E-state index in [4.69, 9.17) is 4.74 Å². The van der Waals surface area contributed by atoms with Gasteiger partial charge in [-0.1, -0.05) is 18.2 Å². The van der Waals surface area contributed by atoms with Gasteiger partial charge in [0.05, 0.1) is 0 Å². The second kappa shape index (κ2) is 7.91. The van der Waals surface area contributed by atoms with Gasteiger partial charge in [0.1, 0.15) is 17.3 Å². The molecule has 1 aromatic heterocycles. The summed E-state index contributed by atoms with van der Waals surface area (Å²) in [5.74, 6) is 2.02. The highest BCUT2D eigenvalue weighted by Crippen LogP contribution is 2.24. The predicted octanol–water partition coefficient (Wildman–Crippen LogP) is 5.15. The van der Waals surface area contributed by atoms with Crippen LogP contribution in [0.1, 0.15) is 31.1 Å². The molecule has 27 heavy (non-hydrogen) atoms. The summed E-state index contributed by atoms with van der Waals surface area (Å²) in [4.78, 5) is 16.6. The lowest BCUT2D eigenvalue weighted by Crippen LogP contribution is -2.40. The van der Waals surface area contributed by atoms with E-state index >= 15 is 0 Å². The van der Waals surface area contributed by atoms with E-state index in [2.05, 4.69) is 15.6 Å². The van der Waals surface area contributed by atoms with E-state index in [0.717, 1.165) is 17.2 Å². The van der Waals surface area contributed by atoms with Crippen molar-refractivity contribution >= 4 is 17.4 Å². The summed E-state index contributed by atoms with van der Waals surface area (Å²) in [6, 6.07) is 20.6. The van der Waals surface area contributed by atoms with E-state index in [1.165, 1.54) is 0 Å². The molecule has 0 aliphatic heterocycles. The third-order valence-corrected chi connectivity index (χ3v) is 3.62. The van der Waals surface area contributed by atoms with Gasteiger partial charge in [0.15, 0.2) is 0 Å². The molecular formula is C22H23N3O2. The first-order valence-corrected chi connectivity index (χ1v) is 8.78. The summed E-state index contributed by atoms with van der Waals surface area (Å²) in [6.45, 7) is 5.85. The topological polar surface area (TPSA) is 63.2 Å². The molecule has 5 heteroatoms. The third-order valence-electron chi connectivity index (χ3n) is 3.62. The van der Waals surface area contributed by atoms with Gasteiger partial charge >= 0.3 is 0 Å². The molecule has 0 aliphatic rings. The standard InChI is InChI=1S/C22H23N3O2/c1-22(2,3)25-21(26)16-13-14-23-20(15-16)24-17-9-11-19(12-10-17)27-18-7-5-4-6-8-18/h4-15H,1-3H3,(H,23,24)(H,25,26). The number of hydrogen-bond acceptors (Lipinski definition) is 4. The van der Waals surface area contributed by atoms with Gasteiger partial charge in [-0.05, 0) is 69.3 Å². The molecule has 138 valence electrons. The first-order chi connectivity index (χ1) is 12.9. The van der Waals surface area contributed by atoms with Crippen LogP contribution in [0.2, 0.25) is 0 Å². The van der Waals surface area contributed by atoms with Gasteiger partial charge < -0.3 is 15.4 Å². The molecular weight excluding hydrogens is 338 g/mol. The van der Waals surface area contributed by atoms with E-state index in [9.17, 15) is 4.79 Å². The number of aromatic nitrogens is 1. The van der Waals surface area contributed by atoms with E-state index in [0.29, 0.717) is 11.4 Å². The lowest BCUT2D eigenvalue weighted by Gasteiger charge is -2.20. The van der Waals surface area contributed by atoms with Crippen molar-refractivity contribution in [3.63, 3.8) is 0 Å². The van der Waals surface area contributed by atoms with Crippen molar-refractivity contribution in [3.05, 3.63) is 78.5 Å².